The number of nitrogens with one attached hydrogen (secondary N) is 2. The first-order chi connectivity index (χ1) is 13.1. The molecule has 1 atom stereocenters. The van der Waals surface area contributed by atoms with Gasteiger partial charge in [0.2, 0.25) is 0 Å². The molecule has 0 aliphatic carbocycles. The average molecular weight is 379 g/mol. The maximum Gasteiger partial charge on any atom is 0.258 e. The molecule has 0 spiro atoms. The molecule has 3 aromatic rings. The highest BCUT2D eigenvalue weighted by molar-refractivity contribution is 7.71. The van der Waals surface area contributed by atoms with E-state index < -0.39 is 0 Å². The summed E-state index contributed by atoms with van der Waals surface area (Å²) in [6.07, 6.45) is 0. The number of hydrogen-bond donors (Lipinski definition) is 2. The van der Waals surface area contributed by atoms with Crippen LogP contribution in [0.4, 0.5) is 5.82 Å². The minimum Gasteiger partial charge on any atom is -0.358 e. The highest BCUT2D eigenvalue weighted by atomic mass is 32.1. The number of aromatic amines is 1. The van der Waals surface area contributed by atoms with Gasteiger partial charge < -0.3 is 5.32 Å². The summed E-state index contributed by atoms with van der Waals surface area (Å²) in [5, 5.41) is 3.44. The fraction of sp³-hybridized carbons (Fsp3) is 0.238. The molecule has 0 fully saturated rings. The van der Waals surface area contributed by atoms with Gasteiger partial charge in [-0.15, -0.1) is 0 Å². The molecule has 2 N–H and O–H groups in total. The minimum absolute atomic E-state index is 0.128. The van der Waals surface area contributed by atoms with E-state index >= 15 is 0 Å². The Morgan fingerprint density at radius 2 is 1.78 bits per heavy atom. The second-order valence-electron chi connectivity index (χ2n) is 6.88. The van der Waals surface area contributed by atoms with Crippen LogP contribution >= 0.6 is 12.2 Å². The summed E-state index contributed by atoms with van der Waals surface area (Å²) in [5.41, 5.74) is 3.89. The lowest BCUT2D eigenvalue weighted by Gasteiger charge is -2.35. The van der Waals surface area contributed by atoms with Gasteiger partial charge in [-0.2, -0.15) is 0 Å². The summed E-state index contributed by atoms with van der Waals surface area (Å²) in [6, 6.07) is 18.6. The normalized spacial score (nSPS) is 15.0. The van der Waals surface area contributed by atoms with Crippen LogP contribution in [-0.2, 0) is 6.54 Å². The number of aryl methyl sites for hydroxylation is 1. The summed E-state index contributed by atoms with van der Waals surface area (Å²) in [7, 11) is 0. The monoisotopic (exact) mass is 378 g/mol. The molecule has 2 heterocycles. The van der Waals surface area contributed by atoms with Crippen molar-refractivity contribution in [1.82, 2.24) is 14.5 Å². The second-order valence-corrected chi connectivity index (χ2v) is 7.26. The van der Waals surface area contributed by atoms with Gasteiger partial charge in [0.15, 0.2) is 4.77 Å². The SMILES string of the molecule is Cc1ccccc1-n1c2c(c(=O)[nH]c1=S)CN([C@@H](C)c1ccccc1)CN2. The Morgan fingerprint density at radius 1 is 1.07 bits per heavy atom. The van der Waals surface area contributed by atoms with Crippen molar-refractivity contribution in [3.63, 3.8) is 0 Å². The van der Waals surface area contributed by atoms with Crippen LogP contribution in [-0.4, -0.2) is 21.1 Å². The second kappa shape index (κ2) is 7.13. The third-order valence-corrected chi connectivity index (χ3v) is 5.49. The Bertz CT molecular complexity index is 1090. The standard InChI is InChI=1S/C21H22N4OS/c1-14-8-6-7-11-18(14)25-19-17(20(26)23-21(25)27)12-24(13-22-19)15(2)16-9-4-3-5-10-16/h3-11,15,22H,12-13H2,1-2H3,(H,23,26,27)/t15-/m0/s1. The van der Waals surface area contributed by atoms with Gasteiger partial charge in [-0.05, 0) is 43.3 Å². The molecule has 2 aromatic carbocycles. The molecule has 1 aliphatic rings. The summed E-state index contributed by atoms with van der Waals surface area (Å²) >= 11 is 5.48. The summed E-state index contributed by atoms with van der Waals surface area (Å²) in [5.74, 6) is 0.787. The fourth-order valence-corrected chi connectivity index (χ4v) is 3.88. The van der Waals surface area contributed by atoms with E-state index in [1.165, 1.54) is 5.56 Å². The van der Waals surface area contributed by atoms with Crippen LogP contribution in [0.3, 0.4) is 0 Å². The molecule has 4 rings (SSSR count). The topological polar surface area (TPSA) is 53.1 Å². The predicted octanol–water partition coefficient (Wildman–Crippen LogP) is 4.15. The van der Waals surface area contributed by atoms with Crippen molar-refractivity contribution in [1.29, 1.82) is 0 Å². The molecule has 0 saturated heterocycles. The van der Waals surface area contributed by atoms with E-state index in [1.54, 1.807) is 0 Å². The smallest absolute Gasteiger partial charge is 0.258 e. The molecule has 0 amide bonds. The third kappa shape index (κ3) is 3.22. The molecule has 0 saturated carbocycles. The van der Waals surface area contributed by atoms with E-state index in [-0.39, 0.29) is 11.6 Å². The van der Waals surface area contributed by atoms with E-state index in [1.807, 2.05) is 54.0 Å². The van der Waals surface area contributed by atoms with Crippen LogP contribution in [0.25, 0.3) is 5.69 Å². The Hall–Kier alpha value is -2.70. The molecular weight excluding hydrogens is 356 g/mol. The lowest BCUT2D eigenvalue weighted by atomic mass is 10.1. The van der Waals surface area contributed by atoms with Gasteiger partial charge >= 0.3 is 0 Å². The lowest BCUT2D eigenvalue weighted by molar-refractivity contribution is 0.207. The predicted molar refractivity (Wildman–Crippen MR) is 111 cm³/mol. The zero-order valence-corrected chi connectivity index (χ0v) is 16.2. The molecule has 138 valence electrons. The molecule has 0 radical (unpaired) electrons. The van der Waals surface area contributed by atoms with Crippen molar-refractivity contribution in [3.05, 3.63) is 86.4 Å². The Balaban J connectivity index is 1.77. The maximum atomic E-state index is 12.7. The molecule has 6 heteroatoms. The molecule has 0 bridgehead atoms. The number of para-hydroxylation sites is 1. The van der Waals surface area contributed by atoms with E-state index in [9.17, 15) is 4.79 Å². The van der Waals surface area contributed by atoms with E-state index in [4.69, 9.17) is 12.2 Å². The number of hydrogen-bond acceptors (Lipinski definition) is 4. The zero-order chi connectivity index (χ0) is 19.0. The van der Waals surface area contributed by atoms with Crippen molar-refractivity contribution in [2.75, 3.05) is 12.0 Å². The van der Waals surface area contributed by atoms with Gasteiger partial charge in [0.05, 0.1) is 17.9 Å². The maximum absolute atomic E-state index is 12.7. The van der Waals surface area contributed by atoms with Crippen LogP contribution < -0.4 is 10.9 Å². The van der Waals surface area contributed by atoms with Gasteiger partial charge in [-0.25, -0.2) is 0 Å². The Kier molecular flexibility index (Phi) is 4.68. The van der Waals surface area contributed by atoms with Gasteiger partial charge in [0, 0.05) is 12.6 Å². The van der Waals surface area contributed by atoms with E-state index in [0.717, 1.165) is 17.1 Å². The number of fused-ring (bicyclic) bond motifs is 1. The number of aromatic nitrogens is 2. The van der Waals surface area contributed by atoms with Crippen LogP contribution in [0.15, 0.2) is 59.4 Å². The van der Waals surface area contributed by atoms with Gasteiger partial charge in [-0.1, -0.05) is 48.5 Å². The first-order valence-corrected chi connectivity index (χ1v) is 9.44. The molecular formula is C21H22N4OS. The van der Waals surface area contributed by atoms with Crippen molar-refractivity contribution >= 4 is 18.0 Å². The fourth-order valence-electron chi connectivity index (χ4n) is 3.60. The van der Waals surface area contributed by atoms with Gasteiger partial charge in [-0.3, -0.25) is 19.2 Å². The van der Waals surface area contributed by atoms with Crippen molar-refractivity contribution < 1.29 is 0 Å². The van der Waals surface area contributed by atoms with Crippen LogP contribution in [0.2, 0.25) is 0 Å². The Labute approximate surface area is 163 Å². The van der Waals surface area contributed by atoms with Gasteiger partial charge in [0.25, 0.3) is 5.56 Å². The molecule has 1 aliphatic heterocycles. The lowest BCUT2D eigenvalue weighted by Crippen LogP contribution is -2.40. The molecule has 1 aromatic heterocycles. The summed E-state index contributed by atoms with van der Waals surface area (Å²) in [6.45, 7) is 5.41. The number of nitrogens with zero attached hydrogens (tertiary/aromatic N) is 2. The number of anilines is 1. The van der Waals surface area contributed by atoms with Crippen molar-refractivity contribution in [2.45, 2.75) is 26.4 Å². The van der Waals surface area contributed by atoms with Crippen LogP contribution in [0.1, 0.15) is 29.7 Å². The quantitative estimate of drug-likeness (QED) is 0.672. The van der Waals surface area contributed by atoms with Crippen LogP contribution in [0.5, 0.6) is 0 Å². The molecule has 0 unspecified atom stereocenters. The number of rotatable bonds is 3. The van der Waals surface area contributed by atoms with Crippen LogP contribution in [0, 0.1) is 11.7 Å². The third-order valence-electron chi connectivity index (χ3n) is 5.20. The zero-order valence-electron chi connectivity index (χ0n) is 15.4. The van der Waals surface area contributed by atoms with E-state index in [0.29, 0.717) is 23.5 Å². The first kappa shape index (κ1) is 17.7. The summed E-state index contributed by atoms with van der Waals surface area (Å²) < 4.78 is 2.34. The van der Waals surface area contributed by atoms with Gasteiger partial charge in [0.1, 0.15) is 5.82 Å². The van der Waals surface area contributed by atoms with Crippen molar-refractivity contribution in [2.24, 2.45) is 0 Å². The highest BCUT2D eigenvalue weighted by Crippen LogP contribution is 2.29. The molecule has 5 nitrogen and oxygen atoms in total. The minimum atomic E-state index is -0.128. The molecule has 27 heavy (non-hydrogen) atoms. The largest absolute Gasteiger partial charge is 0.358 e. The Morgan fingerprint density at radius 3 is 2.52 bits per heavy atom. The van der Waals surface area contributed by atoms with E-state index in [2.05, 4.69) is 34.3 Å². The number of H-pyrrole nitrogens is 1. The number of benzene rings is 2. The first-order valence-electron chi connectivity index (χ1n) is 9.03. The van der Waals surface area contributed by atoms with Crippen molar-refractivity contribution in [3.8, 4) is 5.69 Å². The average Bonchev–Trinajstić information content (AvgIpc) is 2.69. The summed E-state index contributed by atoms with van der Waals surface area (Å²) in [4.78, 5) is 17.8. The highest BCUT2D eigenvalue weighted by Gasteiger charge is 2.26.